The number of aliphatic hydroxyl groups is 1. The Kier molecular flexibility index (Phi) is 3.90. The van der Waals surface area contributed by atoms with E-state index < -0.39 is 5.41 Å². The van der Waals surface area contributed by atoms with Gasteiger partial charge < -0.3 is 14.9 Å². The van der Waals surface area contributed by atoms with Crippen molar-refractivity contribution in [3.8, 4) is 5.75 Å². The van der Waals surface area contributed by atoms with Gasteiger partial charge in [-0.2, -0.15) is 0 Å². The van der Waals surface area contributed by atoms with Crippen LogP contribution >= 0.6 is 0 Å². The summed E-state index contributed by atoms with van der Waals surface area (Å²) in [5, 5.41) is 18.6. The number of benzene rings is 1. The average Bonchev–Trinajstić information content (AvgIpc) is 2.29. The van der Waals surface area contributed by atoms with Crippen molar-refractivity contribution in [3.05, 3.63) is 29.8 Å². The lowest BCUT2D eigenvalue weighted by molar-refractivity contribution is -0.142. The Labute approximate surface area is 94.5 Å². The second-order valence-electron chi connectivity index (χ2n) is 4.02. The van der Waals surface area contributed by atoms with Gasteiger partial charge >= 0.3 is 5.97 Å². The normalized spacial score (nSPS) is 14.2. The molecule has 0 fully saturated rings. The number of methoxy groups -OCH3 is 1. The summed E-state index contributed by atoms with van der Waals surface area (Å²) < 4.78 is 4.59. The van der Waals surface area contributed by atoms with E-state index in [2.05, 4.69) is 4.74 Å². The first-order chi connectivity index (χ1) is 7.51. The number of hydrogen-bond acceptors (Lipinski definition) is 4. The largest absolute Gasteiger partial charge is 0.508 e. The molecule has 16 heavy (non-hydrogen) atoms. The van der Waals surface area contributed by atoms with Crippen molar-refractivity contribution in [2.45, 2.75) is 18.8 Å². The number of aliphatic hydroxyl groups excluding tert-OH is 1. The zero-order chi connectivity index (χ0) is 12.2. The minimum absolute atomic E-state index is 0.102. The first-order valence-electron chi connectivity index (χ1n) is 4.99. The Morgan fingerprint density at radius 2 is 1.94 bits per heavy atom. The maximum absolute atomic E-state index is 11.2. The Bertz CT molecular complexity index is 358. The summed E-state index contributed by atoms with van der Waals surface area (Å²) in [6.07, 6.45) is 0.102. The fraction of sp³-hybridized carbons (Fsp3) is 0.417. The highest BCUT2D eigenvalue weighted by atomic mass is 16.5. The fourth-order valence-electron chi connectivity index (χ4n) is 1.50. The van der Waals surface area contributed by atoms with Gasteiger partial charge in [0.05, 0.1) is 20.1 Å². The van der Waals surface area contributed by atoms with Gasteiger partial charge in [-0.05, 0) is 17.7 Å². The molecule has 1 unspecified atom stereocenters. The Hall–Kier alpha value is -1.55. The van der Waals surface area contributed by atoms with E-state index in [1.54, 1.807) is 19.1 Å². The van der Waals surface area contributed by atoms with E-state index in [0.717, 1.165) is 5.56 Å². The quantitative estimate of drug-likeness (QED) is 0.754. The molecule has 0 spiro atoms. The standard InChI is InChI=1S/C12H16O4/c1-12(8-13,7-11(15)16-2)9-3-5-10(14)6-4-9/h3-6,13-14H,7-8H2,1-2H3. The van der Waals surface area contributed by atoms with Crippen molar-refractivity contribution in [2.75, 3.05) is 13.7 Å². The monoisotopic (exact) mass is 224 g/mol. The van der Waals surface area contributed by atoms with E-state index in [-0.39, 0.29) is 24.7 Å². The smallest absolute Gasteiger partial charge is 0.306 e. The molecule has 1 atom stereocenters. The third-order valence-electron chi connectivity index (χ3n) is 2.68. The summed E-state index contributed by atoms with van der Waals surface area (Å²) in [5.41, 5.74) is 0.110. The predicted molar refractivity (Wildman–Crippen MR) is 59.2 cm³/mol. The highest BCUT2D eigenvalue weighted by Gasteiger charge is 2.29. The molecule has 1 aromatic carbocycles. The molecule has 0 aliphatic carbocycles. The number of carbonyl (C=O) groups excluding carboxylic acids is 1. The van der Waals surface area contributed by atoms with Crippen LogP contribution in [0.25, 0.3) is 0 Å². The maximum Gasteiger partial charge on any atom is 0.306 e. The molecule has 0 saturated carbocycles. The topological polar surface area (TPSA) is 66.8 Å². The minimum atomic E-state index is -0.680. The molecule has 0 aliphatic rings. The highest BCUT2D eigenvalue weighted by molar-refractivity contribution is 5.71. The van der Waals surface area contributed by atoms with Gasteiger partial charge in [0.15, 0.2) is 0 Å². The van der Waals surface area contributed by atoms with Crippen LogP contribution in [0.1, 0.15) is 18.9 Å². The van der Waals surface area contributed by atoms with Crippen LogP contribution in [0.4, 0.5) is 0 Å². The van der Waals surface area contributed by atoms with E-state index in [1.165, 1.54) is 19.2 Å². The molecule has 2 N–H and O–H groups in total. The van der Waals surface area contributed by atoms with Gasteiger partial charge in [-0.3, -0.25) is 4.79 Å². The molecule has 1 aromatic rings. The molecule has 0 amide bonds. The second kappa shape index (κ2) is 4.99. The SMILES string of the molecule is COC(=O)CC(C)(CO)c1ccc(O)cc1. The third kappa shape index (κ3) is 2.73. The Morgan fingerprint density at radius 1 is 1.38 bits per heavy atom. The van der Waals surface area contributed by atoms with Crippen LogP contribution in [0.2, 0.25) is 0 Å². The van der Waals surface area contributed by atoms with Crippen molar-refractivity contribution in [3.63, 3.8) is 0 Å². The van der Waals surface area contributed by atoms with Crippen molar-refractivity contribution in [1.82, 2.24) is 0 Å². The number of phenolic OH excluding ortho intramolecular Hbond substituents is 1. The van der Waals surface area contributed by atoms with Gasteiger partial charge in [-0.15, -0.1) is 0 Å². The third-order valence-corrected chi connectivity index (χ3v) is 2.68. The molecule has 0 heterocycles. The zero-order valence-electron chi connectivity index (χ0n) is 9.43. The van der Waals surface area contributed by atoms with E-state index in [4.69, 9.17) is 5.11 Å². The van der Waals surface area contributed by atoms with Crippen molar-refractivity contribution in [2.24, 2.45) is 0 Å². The van der Waals surface area contributed by atoms with Crippen molar-refractivity contribution < 1.29 is 19.7 Å². The van der Waals surface area contributed by atoms with E-state index in [1.807, 2.05) is 0 Å². The molecule has 0 bridgehead atoms. The number of ether oxygens (including phenoxy) is 1. The maximum atomic E-state index is 11.2. The van der Waals surface area contributed by atoms with Crippen LogP contribution in [0, 0.1) is 0 Å². The summed E-state index contributed by atoms with van der Waals surface area (Å²) in [6, 6.07) is 6.43. The van der Waals surface area contributed by atoms with Crippen LogP contribution in [0.3, 0.4) is 0 Å². The fourth-order valence-corrected chi connectivity index (χ4v) is 1.50. The molecule has 1 rings (SSSR count). The summed E-state index contributed by atoms with van der Waals surface area (Å²) in [7, 11) is 1.32. The first-order valence-corrected chi connectivity index (χ1v) is 4.99. The number of esters is 1. The predicted octanol–water partition coefficient (Wildman–Crippen LogP) is 1.21. The molecule has 0 aromatic heterocycles. The Morgan fingerprint density at radius 3 is 2.38 bits per heavy atom. The molecule has 0 aliphatic heterocycles. The molecule has 4 nitrogen and oxygen atoms in total. The zero-order valence-corrected chi connectivity index (χ0v) is 9.43. The lowest BCUT2D eigenvalue weighted by Gasteiger charge is -2.26. The molecular weight excluding hydrogens is 208 g/mol. The molecule has 0 radical (unpaired) electrons. The number of phenols is 1. The van der Waals surface area contributed by atoms with Crippen LogP contribution in [0.5, 0.6) is 5.75 Å². The molecular formula is C12H16O4. The first kappa shape index (κ1) is 12.5. The van der Waals surface area contributed by atoms with Gasteiger partial charge in [-0.25, -0.2) is 0 Å². The lowest BCUT2D eigenvalue weighted by atomic mass is 9.80. The highest BCUT2D eigenvalue weighted by Crippen LogP contribution is 2.28. The van der Waals surface area contributed by atoms with Crippen LogP contribution in [0.15, 0.2) is 24.3 Å². The van der Waals surface area contributed by atoms with Gasteiger partial charge in [0, 0.05) is 5.41 Å². The van der Waals surface area contributed by atoms with E-state index >= 15 is 0 Å². The summed E-state index contributed by atoms with van der Waals surface area (Å²) in [4.78, 5) is 11.2. The lowest BCUT2D eigenvalue weighted by Crippen LogP contribution is -2.30. The van der Waals surface area contributed by atoms with Crippen LogP contribution < -0.4 is 0 Å². The second-order valence-corrected chi connectivity index (χ2v) is 4.02. The van der Waals surface area contributed by atoms with Crippen LogP contribution in [-0.2, 0) is 14.9 Å². The average molecular weight is 224 g/mol. The Balaban J connectivity index is 2.95. The number of carbonyl (C=O) groups is 1. The van der Waals surface area contributed by atoms with Gasteiger partial charge in [-0.1, -0.05) is 19.1 Å². The summed E-state index contributed by atoms with van der Waals surface area (Å²) >= 11 is 0. The molecule has 0 saturated heterocycles. The number of hydrogen-bond donors (Lipinski definition) is 2. The van der Waals surface area contributed by atoms with E-state index in [9.17, 15) is 9.90 Å². The minimum Gasteiger partial charge on any atom is -0.508 e. The van der Waals surface area contributed by atoms with Gasteiger partial charge in [0.2, 0.25) is 0 Å². The summed E-state index contributed by atoms with van der Waals surface area (Å²) in [5.74, 6) is -0.216. The number of aromatic hydroxyl groups is 1. The van der Waals surface area contributed by atoms with Crippen LogP contribution in [-0.4, -0.2) is 29.9 Å². The van der Waals surface area contributed by atoms with Gasteiger partial charge in [0.25, 0.3) is 0 Å². The van der Waals surface area contributed by atoms with E-state index in [0.29, 0.717) is 0 Å². The summed E-state index contributed by atoms with van der Waals surface area (Å²) in [6.45, 7) is 1.61. The molecule has 88 valence electrons. The van der Waals surface area contributed by atoms with Crippen molar-refractivity contribution in [1.29, 1.82) is 0 Å². The molecule has 4 heteroatoms. The van der Waals surface area contributed by atoms with Crippen molar-refractivity contribution >= 4 is 5.97 Å². The van der Waals surface area contributed by atoms with Gasteiger partial charge in [0.1, 0.15) is 5.75 Å². The number of rotatable bonds is 4.